The van der Waals surface area contributed by atoms with Crippen LogP contribution >= 0.6 is 0 Å². The lowest BCUT2D eigenvalue weighted by molar-refractivity contribution is -0.137. The van der Waals surface area contributed by atoms with Crippen molar-refractivity contribution in [2.45, 2.75) is 31.7 Å². The van der Waals surface area contributed by atoms with Crippen LogP contribution in [0.4, 0.5) is 5.69 Å². The zero-order valence-electron chi connectivity index (χ0n) is 19.8. The largest absolute Gasteiger partial charge is 0.368 e. The van der Waals surface area contributed by atoms with Gasteiger partial charge in [-0.1, -0.05) is 35.9 Å². The molecule has 1 unspecified atom stereocenters. The molecule has 0 aromatic heterocycles. The molecule has 2 aliphatic heterocycles. The van der Waals surface area contributed by atoms with Crippen molar-refractivity contribution in [3.05, 3.63) is 59.7 Å². The third kappa shape index (κ3) is 5.08. The second kappa shape index (κ2) is 9.83. The molecule has 0 N–H and O–H groups in total. The normalized spacial score (nSPS) is 19.5. The van der Waals surface area contributed by atoms with Gasteiger partial charge in [0.15, 0.2) is 0 Å². The molecular weight excluding hydrogens is 436 g/mol. The summed E-state index contributed by atoms with van der Waals surface area (Å²) < 4.78 is 27.9. The van der Waals surface area contributed by atoms with E-state index in [0.717, 1.165) is 24.2 Å². The van der Waals surface area contributed by atoms with E-state index in [1.165, 1.54) is 5.69 Å². The van der Waals surface area contributed by atoms with Gasteiger partial charge >= 0.3 is 0 Å². The summed E-state index contributed by atoms with van der Waals surface area (Å²) in [6.07, 6.45) is 0. The van der Waals surface area contributed by atoms with Crippen LogP contribution in [0.3, 0.4) is 0 Å². The van der Waals surface area contributed by atoms with Gasteiger partial charge in [-0.2, -0.15) is 4.31 Å². The van der Waals surface area contributed by atoms with Crippen molar-refractivity contribution >= 4 is 21.6 Å². The van der Waals surface area contributed by atoms with Gasteiger partial charge in [0, 0.05) is 58.0 Å². The number of anilines is 1. The minimum atomic E-state index is -3.53. The molecule has 7 nitrogen and oxygen atoms in total. The van der Waals surface area contributed by atoms with Crippen LogP contribution in [0.15, 0.2) is 53.4 Å². The molecule has 2 saturated heterocycles. The molecule has 2 aromatic carbocycles. The summed E-state index contributed by atoms with van der Waals surface area (Å²) >= 11 is 0. The van der Waals surface area contributed by atoms with Gasteiger partial charge < -0.3 is 9.80 Å². The van der Waals surface area contributed by atoms with E-state index < -0.39 is 10.0 Å². The van der Waals surface area contributed by atoms with Crippen LogP contribution in [0, 0.1) is 13.8 Å². The minimum Gasteiger partial charge on any atom is -0.368 e. The zero-order chi connectivity index (χ0) is 23.6. The van der Waals surface area contributed by atoms with Crippen LogP contribution in [0.5, 0.6) is 0 Å². The maximum atomic E-state index is 13.2. The Morgan fingerprint density at radius 1 is 0.848 bits per heavy atom. The third-order valence-electron chi connectivity index (χ3n) is 6.84. The number of sulfonamides is 1. The number of hydrogen-bond acceptors (Lipinski definition) is 5. The molecule has 33 heavy (non-hydrogen) atoms. The molecule has 2 fully saturated rings. The second-order valence-corrected chi connectivity index (χ2v) is 10.9. The Kier molecular flexibility index (Phi) is 7.07. The summed E-state index contributed by atoms with van der Waals surface area (Å²) in [6.45, 7) is 10.7. The standard InChI is InChI=1S/C25H34N4O3S/c1-20-9-10-24(21(2)19-20)33(31,32)29-17-15-26(16-18-29)22(3)25(30)28-13-11-27(12-14-28)23-7-5-4-6-8-23/h4-10,19,22H,11-18H2,1-3H3. The molecule has 2 heterocycles. The maximum Gasteiger partial charge on any atom is 0.243 e. The van der Waals surface area contributed by atoms with Crippen LogP contribution in [0.2, 0.25) is 0 Å². The van der Waals surface area contributed by atoms with Gasteiger partial charge in [0.2, 0.25) is 15.9 Å². The molecule has 1 amide bonds. The molecule has 4 rings (SSSR count). The van der Waals surface area contributed by atoms with Crippen LogP contribution < -0.4 is 4.90 Å². The van der Waals surface area contributed by atoms with Crippen LogP contribution in [-0.2, 0) is 14.8 Å². The second-order valence-electron chi connectivity index (χ2n) is 9.03. The number of hydrogen-bond donors (Lipinski definition) is 0. The summed E-state index contributed by atoms with van der Waals surface area (Å²) in [5, 5.41) is 0. The highest BCUT2D eigenvalue weighted by atomic mass is 32.2. The number of amides is 1. The fraction of sp³-hybridized carbons (Fsp3) is 0.480. The van der Waals surface area contributed by atoms with Gasteiger partial charge in [-0.05, 0) is 44.5 Å². The smallest absolute Gasteiger partial charge is 0.243 e. The monoisotopic (exact) mass is 470 g/mol. The molecule has 1 atom stereocenters. The van der Waals surface area contributed by atoms with E-state index in [4.69, 9.17) is 0 Å². The summed E-state index contributed by atoms with van der Waals surface area (Å²) in [4.78, 5) is 19.9. The lowest BCUT2D eigenvalue weighted by atomic mass is 10.2. The molecule has 8 heteroatoms. The Morgan fingerprint density at radius 3 is 2.09 bits per heavy atom. The number of piperazine rings is 2. The Hall–Kier alpha value is -2.42. The minimum absolute atomic E-state index is 0.133. The molecule has 2 aromatic rings. The zero-order valence-corrected chi connectivity index (χ0v) is 20.6. The first kappa shape index (κ1) is 23.7. The molecule has 0 saturated carbocycles. The number of aryl methyl sites for hydroxylation is 2. The van der Waals surface area contributed by atoms with E-state index in [1.54, 1.807) is 10.4 Å². The van der Waals surface area contributed by atoms with Crippen molar-refractivity contribution in [1.29, 1.82) is 0 Å². The van der Waals surface area contributed by atoms with Crippen molar-refractivity contribution in [3.63, 3.8) is 0 Å². The Balaban J connectivity index is 1.32. The molecule has 0 spiro atoms. The Bertz CT molecular complexity index is 1070. The molecular formula is C25H34N4O3S. The first-order valence-electron chi connectivity index (χ1n) is 11.7. The van der Waals surface area contributed by atoms with Crippen molar-refractivity contribution in [3.8, 4) is 0 Å². The topological polar surface area (TPSA) is 64.2 Å². The average Bonchev–Trinajstić information content (AvgIpc) is 2.83. The highest BCUT2D eigenvalue weighted by Gasteiger charge is 2.34. The van der Waals surface area contributed by atoms with Gasteiger partial charge in [0.25, 0.3) is 0 Å². The van der Waals surface area contributed by atoms with Gasteiger partial charge in [0.1, 0.15) is 0 Å². The van der Waals surface area contributed by atoms with Crippen molar-refractivity contribution in [2.75, 3.05) is 57.3 Å². The van der Waals surface area contributed by atoms with E-state index in [-0.39, 0.29) is 11.9 Å². The van der Waals surface area contributed by atoms with Gasteiger partial charge in [0.05, 0.1) is 10.9 Å². The third-order valence-corrected chi connectivity index (χ3v) is 8.90. The fourth-order valence-electron chi connectivity index (χ4n) is 4.80. The summed E-state index contributed by atoms with van der Waals surface area (Å²) in [5.41, 5.74) is 3.02. The lowest BCUT2D eigenvalue weighted by Crippen LogP contribution is -2.58. The quantitative estimate of drug-likeness (QED) is 0.671. The Morgan fingerprint density at radius 2 is 1.48 bits per heavy atom. The van der Waals surface area contributed by atoms with Crippen molar-refractivity contribution < 1.29 is 13.2 Å². The SMILES string of the molecule is Cc1ccc(S(=O)(=O)N2CCN(C(C)C(=O)N3CCN(c4ccccc4)CC3)CC2)c(C)c1. The van der Waals surface area contributed by atoms with E-state index in [9.17, 15) is 13.2 Å². The Labute approximate surface area is 197 Å². The molecule has 0 radical (unpaired) electrons. The molecule has 2 aliphatic rings. The van der Waals surface area contributed by atoms with Crippen LogP contribution in [-0.4, -0.2) is 86.8 Å². The number of para-hydroxylation sites is 1. The highest BCUT2D eigenvalue weighted by molar-refractivity contribution is 7.89. The summed E-state index contributed by atoms with van der Waals surface area (Å²) in [6, 6.07) is 15.5. The van der Waals surface area contributed by atoms with E-state index in [2.05, 4.69) is 21.9 Å². The van der Waals surface area contributed by atoms with Gasteiger partial charge in [-0.15, -0.1) is 0 Å². The van der Waals surface area contributed by atoms with Crippen molar-refractivity contribution in [1.82, 2.24) is 14.1 Å². The molecule has 178 valence electrons. The van der Waals surface area contributed by atoms with Gasteiger partial charge in [-0.25, -0.2) is 8.42 Å². The fourth-order valence-corrected chi connectivity index (χ4v) is 6.43. The van der Waals surface area contributed by atoms with Gasteiger partial charge in [-0.3, -0.25) is 9.69 Å². The summed E-state index contributed by atoms with van der Waals surface area (Å²) in [7, 11) is -3.53. The maximum absolute atomic E-state index is 13.2. The highest BCUT2D eigenvalue weighted by Crippen LogP contribution is 2.23. The lowest BCUT2D eigenvalue weighted by Gasteiger charge is -2.41. The molecule has 0 aliphatic carbocycles. The number of carbonyl (C=O) groups is 1. The van der Waals surface area contributed by atoms with E-state index in [1.807, 2.05) is 56.0 Å². The van der Waals surface area contributed by atoms with E-state index >= 15 is 0 Å². The van der Waals surface area contributed by atoms with Crippen LogP contribution in [0.1, 0.15) is 18.1 Å². The average molecular weight is 471 g/mol. The number of rotatable bonds is 5. The first-order valence-corrected chi connectivity index (χ1v) is 13.1. The van der Waals surface area contributed by atoms with Crippen LogP contribution in [0.25, 0.3) is 0 Å². The predicted octanol–water partition coefficient (Wildman–Crippen LogP) is 2.35. The summed E-state index contributed by atoms with van der Waals surface area (Å²) in [5.74, 6) is 0.133. The number of benzene rings is 2. The van der Waals surface area contributed by atoms with E-state index in [0.29, 0.717) is 44.2 Å². The number of carbonyl (C=O) groups excluding carboxylic acids is 1. The first-order chi connectivity index (χ1) is 15.8. The predicted molar refractivity (Wildman–Crippen MR) is 131 cm³/mol. The number of nitrogens with zero attached hydrogens (tertiary/aromatic N) is 4. The molecule has 0 bridgehead atoms. The van der Waals surface area contributed by atoms with Crippen molar-refractivity contribution in [2.24, 2.45) is 0 Å².